The Morgan fingerprint density at radius 2 is 2.22 bits per heavy atom. The van der Waals surface area contributed by atoms with Crippen molar-refractivity contribution in [3.63, 3.8) is 0 Å². The Morgan fingerprint density at radius 1 is 1.56 bits per heavy atom. The minimum atomic E-state index is -0.488. The Kier molecular flexibility index (Phi) is 4.44. The van der Waals surface area contributed by atoms with Gasteiger partial charge in [-0.3, -0.25) is 4.79 Å². The highest BCUT2D eigenvalue weighted by atomic mass is 16.2. The number of aliphatic hydroxyl groups is 1. The first kappa shape index (κ1) is 7.91. The summed E-state index contributed by atoms with van der Waals surface area (Å²) in [4.78, 5) is 10.0. The van der Waals surface area contributed by atoms with Crippen LogP contribution in [0.3, 0.4) is 0 Å². The summed E-state index contributed by atoms with van der Waals surface area (Å²) in [5.74, 6) is -0.488. The number of allylic oxidation sites excluding steroid dienone is 2. The topological polar surface area (TPSA) is 63.3 Å². The molecule has 3 heteroatoms. The molecule has 0 rings (SSSR count). The molecule has 0 spiro atoms. The first-order valence-electron chi connectivity index (χ1n) is 2.51. The van der Waals surface area contributed by atoms with E-state index in [4.69, 9.17) is 10.8 Å². The highest BCUT2D eigenvalue weighted by Crippen LogP contribution is 1.74. The lowest BCUT2D eigenvalue weighted by Crippen LogP contribution is -2.04. The second kappa shape index (κ2) is 5.05. The van der Waals surface area contributed by atoms with Crippen LogP contribution in [0.25, 0.3) is 0 Å². The second-order valence-electron chi connectivity index (χ2n) is 1.37. The molecule has 0 saturated carbocycles. The van der Waals surface area contributed by atoms with Gasteiger partial charge in [-0.05, 0) is 0 Å². The Hall–Kier alpha value is -1.09. The van der Waals surface area contributed by atoms with E-state index in [0.717, 1.165) is 0 Å². The normalized spacial score (nSPS) is 11.2. The quantitative estimate of drug-likeness (QED) is 0.399. The van der Waals surface area contributed by atoms with Gasteiger partial charge in [0.05, 0.1) is 6.61 Å². The molecule has 9 heavy (non-hydrogen) atoms. The van der Waals surface area contributed by atoms with Crippen molar-refractivity contribution in [3.05, 3.63) is 24.3 Å². The summed E-state index contributed by atoms with van der Waals surface area (Å²) in [5, 5.41) is 8.19. The molecule has 3 nitrogen and oxygen atoms in total. The van der Waals surface area contributed by atoms with Crippen molar-refractivity contribution in [2.45, 2.75) is 0 Å². The van der Waals surface area contributed by atoms with Crippen molar-refractivity contribution >= 4 is 5.91 Å². The number of carbonyl (C=O) groups is 1. The van der Waals surface area contributed by atoms with Crippen LogP contribution in [0, 0.1) is 0 Å². The standard InChI is InChI=1S/C6H9NO2/c7-6(9)4-2-1-3-5-8/h1-4,8H,5H2,(H2,7,9). The van der Waals surface area contributed by atoms with Crippen molar-refractivity contribution in [2.24, 2.45) is 5.73 Å². The van der Waals surface area contributed by atoms with E-state index >= 15 is 0 Å². The Bertz CT molecular complexity index is 138. The second-order valence-corrected chi connectivity index (χ2v) is 1.37. The molecule has 0 fully saturated rings. The molecule has 50 valence electrons. The van der Waals surface area contributed by atoms with E-state index in [0.29, 0.717) is 0 Å². The lowest BCUT2D eigenvalue weighted by Gasteiger charge is -1.75. The van der Waals surface area contributed by atoms with Crippen molar-refractivity contribution < 1.29 is 9.90 Å². The minimum Gasteiger partial charge on any atom is -0.392 e. The van der Waals surface area contributed by atoms with Crippen LogP contribution in [0.15, 0.2) is 24.3 Å². The van der Waals surface area contributed by atoms with Crippen molar-refractivity contribution in [3.8, 4) is 0 Å². The van der Waals surface area contributed by atoms with Gasteiger partial charge in [0.15, 0.2) is 0 Å². The van der Waals surface area contributed by atoms with Crippen LogP contribution in [-0.2, 0) is 4.79 Å². The minimum absolute atomic E-state index is 0.0247. The number of hydrogen-bond donors (Lipinski definition) is 2. The predicted molar refractivity (Wildman–Crippen MR) is 34.6 cm³/mol. The third kappa shape index (κ3) is 6.91. The van der Waals surface area contributed by atoms with E-state index < -0.39 is 5.91 Å². The number of nitrogens with two attached hydrogens (primary N) is 1. The summed E-state index contributed by atoms with van der Waals surface area (Å²) in [7, 11) is 0. The Labute approximate surface area is 53.5 Å². The van der Waals surface area contributed by atoms with Gasteiger partial charge in [-0.2, -0.15) is 0 Å². The molecule has 0 unspecified atom stereocenters. The van der Waals surface area contributed by atoms with Crippen molar-refractivity contribution in [1.29, 1.82) is 0 Å². The van der Waals surface area contributed by atoms with Crippen molar-refractivity contribution in [2.75, 3.05) is 6.61 Å². The summed E-state index contributed by atoms with van der Waals surface area (Å²) < 4.78 is 0. The molecule has 0 atom stereocenters. The van der Waals surface area contributed by atoms with Crippen LogP contribution in [0.2, 0.25) is 0 Å². The Balaban J connectivity index is 3.47. The maximum atomic E-state index is 10.0. The van der Waals surface area contributed by atoms with Crippen LogP contribution in [0.4, 0.5) is 0 Å². The average molecular weight is 127 g/mol. The number of aliphatic hydroxyl groups excluding tert-OH is 1. The first-order valence-corrected chi connectivity index (χ1v) is 2.51. The van der Waals surface area contributed by atoms with E-state index in [2.05, 4.69) is 0 Å². The molecule has 0 aromatic heterocycles. The van der Waals surface area contributed by atoms with Gasteiger partial charge >= 0.3 is 0 Å². The molecule has 0 aliphatic carbocycles. The van der Waals surface area contributed by atoms with Gasteiger partial charge in [0.2, 0.25) is 5.91 Å². The van der Waals surface area contributed by atoms with Crippen LogP contribution in [-0.4, -0.2) is 17.6 Å². The largest absolute Gasteiger partial charge is 0.392 e. The lowest BCUT2D eigenvalue weighted by atomic mass is 10.4. The molecular formula is C6H9NO2. The van der Waals surface area contributed by atoms with Gasteiger partial charge in [-0.15, -0.1) is 0 Å². The lowest BCUT2D eigenvalue weighted by molar-refractivity contribution is -0.113. The van der Waals surface area contributed by atoms with Gasteiger partial charge in [0.25, 0.3) is 0 Å². The zero-order valence-electron chi connectivity index (χ0n) is 4.95. The molecular weight excluding hydrogens is 118 g/mol. The SMILES string of the molecule is NC(=O)C=CC=CCO. The first-order chi connectivity index (χ1) is 4.27. The van der Waals surface area contributed by atoms with Crippen LogP contribution < -0.4 is 5.73 Å². The predicted octanol–water partition coefficient (Wildman–Crippen LogP) is -0.424. The summed E-state index contributed by atoms with van der Waals surface area (Å²) in [6, 6.07) is 0. The van der Waals surface area contributed by atoms with E-state index in [9.17, 15) is 4.79 Å². The zero-order chi connectivity index (χ0) is 7.11. The number of carbonyl (C=O) groups excluding carboxylic acids is 1. The summed E-state index contributed by atoms with van der Waals surface area (Å²) in [6.07, 6.45) is 5.73. The summed E-state index contributed by atoms with van der Waals surface area (Å²) >= 11 is 0. The summed E-state index contributed by atoms with van der Waals surface area (Å²) in [5.41, 5.74) is 4.75. The van der Waals surface area contributed by atoms with Crippen LogP contribution in [0.1, 0.15) is 0 Å². The summed E-state index contributed by atoms with van der Waals surface area (Å²) in [6.45, 7) is -0.0247. The van der Waals surface area contributed by atoms with Gasteiger partial charge < -0.3 is 10.8 Å². The van der Waals surface area contributed by atoms with Crippen LogP contribution >= 0.6 is 0 Å². The fourth-order valence-corrected chi connectivity index (χ4v) is 0.290. The number of primary amides is 1. The van der Waals surface area contributed by atoms with Gasteiger partial charge in [-0.1, -0.05) is 18.2 Å². The molecule has 0 radical (unpaired) electrons. The van der Waals surface area contributed by atoms with E-state index in [1.807, 2.05) is 0 Å². The van der Waals surface area contributed by atoms with Gasteiger partial charge in [-0.25, -0.2) is 0 Å². The molecule has 0 heterocycles. The third-order valence-corrected chi connectivity index (χ3v) is 0.613. The molecule has 1 amide bonds. The monoisotopic (exact) mass is 127 g/mol. The number of amides is 1. The highest BCUT2D eigenvalue weighted by Gasteiger charge is 1.75. The van der Waals surface area contributed by atoms with E-state index in [1.54, 1.807) is 6.08 Å². The molecule has 0 bridgehead atoms. The maximum Gasteiger partial charge on any atom is 0.241 e. The number of rotatable bonds is 3. The third-order valence-electron chi connectivity index (χ3n) is 0.613. The molecule has 3 N–H and O–H groups in total. The zero-order valence-corrected chi connectivity index (χ0v) is 4.95. The van der Waals surface area contributed by atoms with Gasteiger partial charge in [0.1, 0.15) is 0 Å². The number of hydrogen-bond acceptors (Lipinski definition) is 2. The molecule has 0 aromatic carbocycles. The molecule has 0 aliphatic rings. The highest BCUT2D eigenvalue weighted by molar-refractivity contribution is 5.85. The Morgan fingerprint density at radius 3 is 2.67 bits per heavy atom. The fraction of sp³-hybridized carbons (Fsp3) is 0.167. The van der Waals surface area contributed by atoms with E-state index in [-0.39, 0.29) is 6.61 Å². The van der Waals surface area contributed by atoms with Gasteiger partial charge in [0, 0.05) is 6.08 Å². The van der Waals surface area contributed by atoms with E-state index in [1.165, 1.54) is 18.2 Å². The van der Waals surface area contributed by atoms with Crippen LogP contribution in [0.5, 0.6) is 0 Å². The molecule has 0 saturated heterocycles. The smallest absolute Gasteiger partial charge is 0.241 e. The average Bonchev–Trinajstić information content (AvgIpc) is 1.80. The maximum absolute atomic E-state index is 10.0. The van der Waals surface area contributed by atoms with Crippen molar-refractivity contribution in [1.82, 2.24) is 0 Å². The fourth-order valence-electron chi connectivity index (χ4n) is 0.290. The molecule has 0 aliphatic heterocycles. The molecule has 0 aromatic rings.